The van der Waals surface area contributed by atoms with E-state index >= 15 is 0 Å². The molecule has 0 unspecified atom stereocenters. The number of methoxy groups -OCH3 is 1. The second kappa shape index (κ2) is 8.39. The van der Waals surface area contributed by atoms with Crippen molar-refractivity contribution in [1.82, 2.24) is 9.55 Å². The van der Waals surface area contributed by atoms with Gasteiger partial charge in [-0.3, -0.25) is 24.0 Å². The number of rotatable bonds is 7. The molecule has 1 amide bonds. The first-order valence-corrected chi connectivity index (χ1v) is 9.16. The Morgan fingerprint density at radius 2 is 2.03 bits per heavy atom. The van der Waals surface area contributed by atoms with Gasteiger partial charge in [0.2, 0.25) is 6.79 Å². The van der Waals surface area contributed by atoms with Gasteiger partial charge in [-0.1, -0.05) is 13.8 Å². The fraction of sp³-hybridized carbons (Fsp3) is 0.421. The molecule has 0 saturated heterocycles. The third-order valence-corrected chi connectivity index (χ3v) is 4.42. The molecule has 0 saturated carbocycles. The number of anilines is 2. The Bertz CT molecular complexity index is 1030. The number of hydrogen-bond donors (Lipinski definition) is 2. The summed E-state index contributed by atoms with van der Waals surface area (Å²) in [6.45, 7) is 4.43. The maximum atomic E-state index is 13.3. The van der Waals surface area contributed by atoms with Crippen molar-refractivity contribution >= 4 is 17.4 Å². The van der Waals surface area contributed by atoms with E-state index in [1.165, 1.54) is 16.6 Å². The van der Waals surface area contributed by atoms with Crippen molar-refractivity contribution in [3.8, 4) is 11.5 Å². The third kappa shape index (κ3) is 4.11. The Morgan fingerprint density at radius 3 is 2.72 bits per heavy atom. The van der Waals surface area contributed by atoms with Gasteiger partial charge in [-0.05, 0) is 24.1 Å². The lowest BCUT2D eigenvalue weighted by Crippen LogP contribution is -2.42. The molecule has 10 heteroatoms. The first-order valence-electron chi connectivity index (χ1n) is 9.16. The lowest BCUT2D eigenvalue weighted by atomic mass is 10.1. The number of amides is 1. The number of aromatic amines is 1. The van der Waals surface area contributed by atoms with Crippen LogP contribution in [0.15, 0.2) is 27.8 Å². The van der Waals surface area contributed by atoms with Crippen LogP contribution in [0.3, 0.4) is 0 Å². The van der Waals surface area contributed by atoms with Crippen LogP contribution in [0.4, 0.5) is 11.5 Å². The fourth-order valence-electron chi connectivity index (χ4n) is 3.07. The quantitative estimate of drug-likeness (QED) is 0.698. The summed E-state index contributed by atoms with van der Waals surface area (Å²) in [5.41, 5.74) is 5.01. The number of nitrogens with one attached hydrogen (secondary N) is 1. The summed E-state index contributed by atoms with van der Waals surface area (Å²) in [5.74, 6) is 0.526. The normalized spacial score (nSPS) is 12.4. The van der Waals surface area contributed by atoms with E-state index in [0.29, 0.717) is 18.0 Å². The highest BCUT2D eigenvalue weighted by atomic mass is 16.7. The van der Waals surface area contributed by atoms with Gasteiger partial charge in [-0.25, -0.2) is 4.79 Å². The van der Waals surface area contributed by atoms with Gasteiger partial charge in [0, 0.05) is 25.8 Å². The van der Waals surface area contributed by atoms with E-state index in [1.54, 1.807) is 18.2 Å². The Hall–Kier alpha value is -3.27. The molecule has 0 spiro atoms. The average Bonchev–Trinajstić information content (AvgIpc) is 3.14. The number of aromatic nitrogens is 2. The maximum Gasteiger partial charge on any atom is 0.330 e. The number of hydrogen-bond acceptors (Lipinski definition) is 7. The number of nitrogen functional groups attached to an aromatic ring is 1. The minimum absolute atomic E-state index is 0.0664. The van der Waals surface area contributed by atoms with Crippen molar-refractivity contribution in [3.63, 3.8) is 0 Å². The number of ether oxygens (including phenoxy) is 3. The summed E-state index contributed by atoms with van der Waals surface area (Å²) in [6, 6.07) is 4.74. The van der Waals surface area contributed by atoms with E-state index in [2.05, 4.69) is 4.98 Å². The zero-order valence-corrected chi connectivity index (χ0v) is 16.6. The zero-order chi connectivity index (χ0) is 21.1. The Balaban J connectivity index is 2.08. The van der Waals surface area contributed by atoms with E-state index in [1.807, 2.05) is 13.8 Å². The molecule has 0 radical (unpaired) electrons. The van der Waals surface area contributed by atoms with Crippen LogP contribution >= 0.6 is 0 Å². The second-order valence-electron chi connectivity index (χ2n) is 7.02. The summed E-state index contributed by atoms with van der Waals surface area (Å²) in [4.78, 5) is 41.5. The first kappa shape index (κ1) is 20.5. The molecule has 2 heterocycles. The number of fused-ring (bicyclic) bond motifs is 1. The molecule has 1 aliphatic heterocycles. The Kier molecular flexibility index (Phi) is 5.92. The molecule has 10 nitrogen and oxygen atoms in total. The van der Waals surface area contributed by atoms with Crippen LogP contribution in [0.5, 0.6) is 11.5 Å². The molecule has 0 bridgehead atoms. The smallest absolute Gasteiger partial charge is 0.330 e. The van der Waals surface area contributed by atoms with Crippen LogP contribution in [0.2, 0.25) is 0 Å². The maximum absolute atomic E-state index is 13.3. The van der Waals surface area contributed by atoms with Gasteiger partial charge in [0.25, 0.3) is 11.5 Å². The van der Waals surface area contributed by atoms with Crippen molar-refractivity contribution in [2.45, 2.75) is 20.4 Å². The van der Waals surface area contributed by atoms with Gasteiger partial charge in [-0.2, -0.15) is 0 Å². The van der Waals surface area contributed by atoms with Crippen molar-refractivity contribution < 1.29 is 19.0 Å². The minimum Gasteiger partial charge on any atom is -0.454 e. The number of nitrogens with two attached hydrogens (primary N) is 1. The van der Waals surface area contributed by atoms with Crippen LogP contribution in [0, 0.1) is 5.92 Å². The number of nitrogens with zero attached hydrogens (tertiary/aromatic N) is 2. The van der Waals surface area contributed by atoms with Crippen LogP contribution in [0.1, 0.15) is 24.2 Å². The SMILES string of the molecule is COCCN(C(=O)c1ccc2c(c1)OCO2)c1c(N)n(CC(C)C)c(=O)[nH]c1=O. The minimum atomic E-state index is -0.738. The van der Waals surface area contributed by atoms with Gasteiger partial charge < -0.3 is 19.9 Å². The highest BCUT2D eigenvalue weighted by Crippen LogP contribution is 2.33. The van der Waals surface area contributed by atoms with Crippen LogP contribution in [0.25, 0.3) is 0 Å². The standard InChI is InChI=1S/C19H24N4O6/c1-11(2)9-23-16(20)15(17(24)21-19(23)26)22(6-7-27-3)18(25)12-4-5-13-14(8-12)29-10-28-13/h4-5,8,11H,6-7,9-10,20H2,1-3H3,(H,21,24,26). The van der Waals surface area contributed by atoms with E-state index in [0.717, 1.165) is 0 Å². The lowest BCUT2D eigenvalue weighted by Gasteiger charge is -2.24. The van der Waals surface area contributed by atoms with Crippen molar-refractivity contribution in [3.05, 3.63) is 44.6 Å². The van der Waals surface area contributed by atoms with E-state index in [4.69, 9.17) is 19.9 Å². The van der Waals surface area contributed by atoms with Crippen LogP contribution in [-0.2, 0) is 11.3 Å². The first-order chi connectivity index (χ1) is 13.8. The van der Waals surface area contributed by atoms with Crippen molar-refractivity contribution in [1.29, 1.82) is 0 Å². The van der Waals surface area contributed by atoms with Gasteiger partial charge in [0.15, 0.2) is 17.2 Å². The molecule has 156 valence electrons. The molecule has 0 aliphatic carbocycles. The van der Waals surface area contributed by atoms with E-state index < -0.39 is 17.2 Å². The van der Waals surface area contributed by atoms with Gasteiger partial charge >= 0.3 is 5.69 Å². The van der Waals surface area contributed by atoms with Gasteiger partial charge in [0.05, 0.1) is 6.61 Å². The molecule has 1 aromatic carbocycles. The highest BCUT2D eigenvalue weighted by molar-refractivity contribution is 6.07. The largest absolute Gasteiger partial charge is 0.454 e. The monoisotopic (exact) mass is 404 g/mol. The molecule has 1 aromatic heterocycles. The highest BCUT2D eigenvalue weighted by Gasteiger charge is 2.26. The van der Waals surface area contributed by atoms with Crippen LogP contribution < -0.4 is 31.4 Å². The topological polar surface area (TPSA) is 129 Å². The number of carbonyl (C=O) groups is 1. The molecular weight excluding hydrogens is 380 g/mol. The van der Waals surface area contributed by atoms with Gasteiger partial charge in [0.1, 0.15) is 5.82 Å². The summed E-state index contributed by atoms with van der Waals surface area (Å²) >= 11 is 0. The van der Waals surface area contributed by atoms with Crippen LogP contribution in [-0.4, -0.2) is 42.5 Å². The average molecular weight is 404 g/mol. The summed E-state index contributed by atoms with van der Waals surface area (Å²) in [5, 5.41) is 0. The molecule has 1 aliphatic rings. The van der Waals surface area contributed by atoms with Gasteiger partial charge in [-0.15, -0.1) is 0 Å². The predicted molar refractivity (Wildman–Crippen MR) is 107 cm³/mol. The lowest BCUT2D eigenvalue weighted by molar-refractivity contribution is 0.0975. The third-order valence-electron chi connectivity index (χ3n) is 4.42. The van der Waals surface area contributed by atoms with E-state index in [9.17, 15) is 14.4 Å². The Labute approximate surface area is 166 Å². The molecule has 0 fully saturated rings. The number of H-pyrrole nitrogens is 1. The molecule has 29 heavy (non-hydrogen) atoms. The molecular formula is C19H24N4O6. The number of carbonyl (C=O) groups excluding carboxylic acids is 1. The van der Waals surface area contributed by atoms with E-state index in [-0.39, 0.29) is 42.9 Å². The molecule has 3 rings (SSSR count). The summed E-state index contributed by atoms with van der Waals surface area (Å²) < 4.78 is 16.9. The summed E-state index contributed by atoms with van der Waals surface area (Å²) in [6.07, 6.45) is 0. The fourth-order valence-corrected chi connectivity index (χ4v) is 3.07. The zero-order valence-electron chi connectivity index (χ0n) is 16.6. The Morgan fingerprint density at radius 1 is 1.31 bits per heavy atom. The van der Waals surface area contributed by atoms with Crippen molar-refractivity contribution in [2.24, 2.45) is 5.92 Å². The summed E-state index contributed by atoms with van der Waals surface area (Å²) in [7, 11) is 1.48. The predicted octanol–water partition coefficient (Wildman–Crippen LogP) is 0.797. The van der Waals surface area contributed by atoms with Crippen molar-refractivity contribution in [2.75, 3.05) is 37.7 Å². The second-order valence-corrected chi connectivity index (χ2v) is 7.02. The molecule has 3 N–H and O–H groups in total. The number of benzene rings is 1. The molecule has 0 atom stereocenters. The molecule has 2 aromatic rings.